The number of hydrogen-bond donors (Lipinski definition) is 0. The topological polar surface area (TPSA) is 68.2 Å². The van der Waals surface area contributed by atoms with Crippen molar-refractivity contribution in [2.75, 3.05) is 6.61 Å². The number of pyridine rings is 1. The number of amides is 1. The largest absolute Gasteiger partial charge is 0.368 e. The second-order valence-electron chi connectivity index (χ2n) is 7.20. The van der Waals surface area contributed by atoms with E-state index in [9.17, 15) is 4.79 Å². The van der Waals surface area contributed by atoms with Gasteiger partial charge in [-0.05, 0) is 43.0 Å². The van der Waals surface area contributed by atoms with Gasteiger partial charge in [-0.1, -0.05) is 30.3 Å². The first kappa shape index (κ1) is 19.2. The Morgan fingerprint density at radius 2 is 1.93 bits per heavy atom. The zero-order valence-corrected chi connectivity index (χ0v) is 16.5. The summed E-state index contributed by atoms with van der Waals surface area (Å²) in [6.07, 6.45) is 6.64. The van der Waals surface area contributed by atoms with Crippen LogP contribution < -0.4 is 0 Å². The molecule has 1 aromatic carbocycles. The van der Waals surface area contributed by atoms with Gasteiger partial charge in [0.1, 0.15) is 11.9 Å². The molecular formula is C23H24N4O2. The van der Waals surface area contributed by atoms with Crippen LogP contribution in [0.3, 0.4) is 0 Å². The third kappa shape index (κ3) is 4.66. The van der Waals surface area contributed by atoms with E-state index >= 15 is 0 Å². The number of ether oxygens (including phenoxy) is 1. The fourth-order valence-corrected chi connectivity index (χ4v) is 3.58. The highest BCUT2D eigenvalue weighted by molar-refractivity contribution is 5.81. The quantitative estimate of drug-likeness (QED) is 0.646. The summed E-state index contributed by atoms with van der Waals surface area (Å²) in [6.45, 7) is 3.42. The van der Waals surface area contributed by atoms with E-state index in [1.54, 1.807) is 12.4 Å². The molecule has 148 valence electrons. The van der Waals surface area contributed by atoms with Crippen LogP contribution in [0, 0.1) is 6.92 Å². The van der Waals surface area contributed by atoms with Gasteiger partial charge in [0.15, 0.2) is 0 Å². The first-order valence-electron chi connectivity index (χ1n) is 9.88. The number of carbonyl (C=O) groups is 1. The summed E-state index contributed by atoms with van der Waals surface area (Å²) in [5, 5.41) is 0. The Morgan fingerprint density at radius 3 is 2.66 bits per heavy atom. The summed E-state index contributed by atoms with van der Waals surface area (Å²) in [5.41, 5.74) is 3.80. The zero-order chi connectivity index (χ0) is 20.1. The third-order valence-electron chi connectivity index (χ3n) is 5.05. The molecule has 3 heterocycles. The number of hydrogen-bond acceptors (Lipinski definition) is 5. The van der Waals surface area contributed by atoms with Gasteiger partial charge in [-0.25, -0.2) is 9.97 Å². The fraction of sp³-hybridized carbons (Fsp3) is 0.304. The van der Waals surface area contributed by atoms with E-state index in [0.717, 1.165) is 35.2 Å². The monoisotopic (exact) mass is 388 g/mol. The van der Waals surface area contributed by atoms with Gasteiger partial charge in [-0.2, -0.15) is 0 Å². The molecule has 0 aliphatic carbocycles. The Morgan fingerprint density at radius 1 is 1.14 bits per heavy atom. The highest BCUT2D eigenvalue weighted by atomic mass is 16.5. The number of rotatable bonds is 6. The highest BCUT2D eigenvalue weighted by Crippen LogP contribution is 2.24. The zero-order valence-electron chi connectivity index (χ0n) is 16.5. The molecule has 0 radical (unpaired) electrons. The molecule has 1 fully saturated rings. The van der Waals surface area contributed by atoms with E-state index in [1.165, 1.54) is 0 Å². The van der Waals surface area contributed by atoms with Gasteiger partial charge in [0.25, 0.3) is 5.91 Å². The maximum atomic E-state index is 13.2. The third-order valence-corrected chi connectivity index (χ3v) is 5.05. The molecule has 1 amide bonds. The number of nitrogens with zero attached hydrogens (tertiary/aromatic N) is 4. The minimum Gasteiger partial charge on any atom is -0.368 e. The van der Waals surface area contributed by atoms with Crippen LogP contribution in [-0.4, -0.2) is 38.5 Å². The lowest BCUT2D eigenvalue weighted by Gasteiger charge is -2.26. The predicted molar refractivity (Wildman–Crippen MR) is 110 cm³/mol. The Hall–Kier alpha value is -3.12. The molecule has 0 unspecified atom stereocenters. The van der Waals surface area contributed by atoms with Crippen LogP contribution in [0.15, 0.2) is 61.1 Å². The van der Waals surface area contributed by atoms with Gasteiger partial charge in [0.05, 0.1) is 12.2 Å². The van der Waals surface area contributed by atoms with Gasteiger partial charge in [-0.15, -0.1) is 0 Å². The van der Waals surface area contributed by atoms with E-state index in [1.807, 2.05) is 60.5 Å². The Kier molecular flexibility index (Phi) is 5.91. The molecule has 0 spiro atoms. The van der Waals surface area contributed by atoms with Gasteiger partial charge >= 0.3 is 0 Å². The maximum Gasteiger partial charge on any atom is 0.252 e. The van der Waals surface area contributed by atoms with Crippen LogP contribution in [0.25, 0.3) is 11.1 Å². The molecule has 4 rings (SSSR count). The SMILES string of the molecule is Cc1ncc(-c2ccncc2)c(CN(Cc2ccccc2)C(=O)[C@@H]2CCCO2)n1. The molecule has 29 heavy (non-hydrogen) atoms. The second kappa shape index (κ2) is 8.92. The van der Waals surface area contributed by atoms with Crippen molar-refractivity contribution in [1.29, 1.82) is 0 Å². The molecule has 0 saturated carbocycles. The number of aryl methyl sites for hydroxylation is 1. The second-order valence-corrected chi connectivity index (χ2v) is 7.20. The number of benzene rings is 1. The van der Waals surface area contributed by atoms with Crippen LogP contribution in [0.4, 0.5) is 0 Å². The molecule has 1 aliphatic heterocycles. The minimum absolute atomic E-state index is 0.0169. The Balaban J connectivity index is 1.66. The molecule has 0 N–H and O–H groups in total. The van der Waals surface area contributed by atoms with E-state index in [4.69, 9.17) is 4.74 Å². The van der Waals surface area contributed by atoms with Crippen molar-refractivity contribution < 1.29 is 9.53 Å². The van der Waals surface area contributed by atoms with Crippen molar-refractivity contribution in [2.24, 2.45) is 0 Å². The van der Waals surface area contributed by atoms with Crippen LogP contribution in [-0.2, 0) is 22.6 Å². The van der Waals surface area contributed by atoms with Gasteiger partial charge in [-0.3, -0.25) is 9.78 Å². The first-order valence-corrected chi connectivity index (χ1v) is 9.88. The summed E-state index contributed by atoms with van der Waals surface area (Å²) in [5.74, 6) is 0.699. The maximum absolute atomic E-state index is 13.2. The predicted octanol–water partition coefficient (Wildman–Crippen LogP) is 3.55. The van der Waals surface area contributed by atoms with Gasteiger partial charge in [0, 0.05) is 37.3 Å². The molecule has 1 aliphatic rings. The van der Waals surface area contributed by atoms with Crippen molar-refractivity contribution in [2.45, 2.75) is 39.0 Å². The van der Waals surface area contributed by atoms with Crippen molar-refractivity contribution in [1.82, 2.24) is 19.9 Å². The fourth-order valence-electron chi connectivity index (χ4n) is 3.58. The lowest BCUT2D eigenvalue weighted by molar-refractivity contribution is -0.142. The van der Waals surface area contributed by atoms with E-state index in [0.29, 0.717) is 25.5 Å². The van der Waals surface area contributed by atoms with Crippen molar-refractivity contribution in [3.8, 4) is 11.1 Å². The number of carbonyl (C=O) groups excluding carboxylic acids is 1. The molecule has 2 aromatic heterocycles. The minimum atomic E-state index is -0.369. The molecule has 1 saturated heterocycles. The Bertz CT molecular complexity index is 957. The lowest BCUT2D eigenvalue weighted by atomic mass is 10.1. The molecular weight excluding hydrogens is 364 g/mol. The summed E-state index contributed by atoms with van der Waals surface area (Å²) in [6, 6.07) is 13.9. The first-order chi connectivity index (χ1) is 14.2. The van der Waals surface area contributed by atoms with Crippen LogP contribution in [0.1, 0.15) is 29.9 Å². The lowest BCUT2D eigenvalue weighted by Crippen LogP contribution is -2.38. The van der Waals surface area contributed by atoms with E-state index in [2.05, 4.69) is 15.0 Å². The summed E-state index contributed by atoms with van der Waals surface area (Å²) in [7, 11) is 0. The number of aromatic nitrogens is 3. The average molecular weight is 388 g/mol. The van der Waals surface area contributed by atoms with Gasteiger partial charge < -0.3 is 9.64 Å². The van der Waals surface area contributed by atoms with Crippen molar-refractivity contribution >= 4 is 5.91 Å². The van der Waals surface area contributed by atoms with Gasteiger partial charge in [0.2, 0.25) is 0 Å². The Labute approximate surface area is 170 Å². The summed E-state index contributed by atoms with van der Waals surface area (Å²) >= 11 is 0. The molecule has 1 atom stereocenters. The molecule has 3 aromatic rings. The van der Waals surface area contributed by atoms with E-state index in [-0.39, 0.29) is 12.0 Å². The van der Waals surface area contributed by atoms with E-state index < -0.39 is 0 Å². The summed E-state index contributed by atoms with van der Waals surface area (Å²) < 4.78 is 5.68. The standard InChI is InChI=1S/C23H24N4O2/c1-17-25-14-20(19-9-11-24-12-10-19)21(26-17)16-27(15-18-6-3-2-4-7-18)23(28)22-8-5-13-29-22/h2-4,6-7,9-12,14,22H,5,8,13,15-16H2,1H3/t22-/m0/s1. The normalized spacial score (nSPS) is 16.0. The van der Waals surface area contributed by atoms with Crippen LogP contribution in [0.2, 0.25) is 0 Å². The smallest absolute Gasteiger partial charge is 0.252 e. The van der Waals surface area contributed by atoms with Crippen LogP contribution in [0.5, 0.6) is 0 Å². The van der Waals surface area contributed by atoms with Crippen LogP contribution >= 0.6 is 0 Å². The average Bonchev–Trinajstić information content (AvgIpc) is 3.29. The van der Waals surface area contributed by atoms with Crippen molar-refractivity contribution in [3.63, 3.8) is 0 Å². The summed E-state index contributed by atoms with van der Waals surface area (Å²) in [4.78, 5) is 28.2. The molecule has 6 nitrogen and oxygen atoms in total. The molecule has 0 bridgehead atoms. The van der Waals surface area contributed by atoms with Crippen molar-refractivity contribution in [3.05, 3.63) is 78.1 Å². The highest BCUT2D eigenvalue weighted by Gasteiger charge is 2.29. The molecule has 6 heteroatoms.